The molecule has 0 fully saturated rings. The molecule has 29 heteroatoms. The van der Waals surface area contributed by atoms with Gasteiger partial charge in [0.05, 0.1) is 171 Å². The highest BCUT2D eigenvalue weighted by Gasteiger charge is 2.16. The Kier molecular flexibility index (Phi) is 77.7. The summed E-state index contributed by atoms with van der Waals surface area (Å²) >= 11 is 0. The van der Waals surface area contributed by atoms with E-state index in [1.54, 1.807) is 9.58 Å². The van der Waals surface area contributed by atoms with Crippen molar-refractivity contribution in [1.29, 1.82) is 0 Å². The standard InChI is InChI=1S/C82H156N10O19/c1-5-7-9-11-13-15-17-19-21-23-25-27-29-31-40-83-76(93)34-49-100-55-42-85-78(95)36-51-102-57-44-87-80(97)38-53-104-61-65-108-69-71-110-67-63-106-59-47-91(82(99)33-46-92-73-75(74(3)4)89-90-92)48-60-107-64-68-111-72-70-109-66-62-105-54-39-81(98)88-45-58-103-52-37-79(96)86-43-56-101-50-35-77(94)84-41-32-30-28-26-24-22-20-18-16-14-12-10-8-6-2/h73-74H,5-72H2,1-4H3,(H,83,93)(H,84,94)(H,85,95)(H,86,96)(H,87,97)(H,88,98). The van der Waals surface area contributed by atoms with E-state index < -0.39 is 0 Å². The molecule has 29 nitrogen and oxygen atoms in total. The minimum Gasteiger partial charge on any atom is -0.379 e. The van der Waals surface area contributed by atoms with Gasteiger partial charge < -0.3 is 93.6 Å². The van der Waals surface area contributed by atoms with Crippen molar-refractivity contribution in [2.24, 2.45) is 0 Å². The van der Waals surface area contributed by atoms with E-state index in [9.17, 15) is 33.6 Å². The average Bonchev–Trinajstić information content (AvgIpc) is 1.76. The SMILES string of the molecule is CCCCCCCCCCCCCCCCNC(=O)CCOCCNC(=O)CCOCCNC(=O)CCOCCOCCOCCOCCN(CCOCCOCCOCCOCCC(=O)NCCOCCC(=O)NCCOCCC(=O)NCCCCCCCCCCCCCCCC)C(=O)CCn1cc(C(C)C)nn1. The number of ether oxygens (including phenoxy) is 12. The Labute approximate surface area is 668 Å². The van der Waals surface area contributed by atoms with Crippen molar-refractivity contribution < 1.29 is 90.4 Å². The van der Waals surface area contributed by atoms with Crippen LogP contribution in [0, 0.1) is 0 Å². The van der Waals surface area contributed by atoms with Gasteiger partial charge in [0.25, 0.3) is 0 Å². The van der Waals surface area contributed by atoms with E-state index in [0.717, 1.165) is 31.4 Å². The second-order valence-electron chi connectivity index (χ2n) is 28.3. The van der Waals surface area contributed by atoms with Gasteiger partial charge in [-0.25, -0.2) is 0 Å². The van der Waals surface area contributed by atoms with Gasteiger partial charge >= 0.3 is 0 Å². The van der Waals surface area contributed by atoms with E-state index >= 15 is 0 Å². The monoisotopic (exact) mass is 1590 g/mol. The van der Waals surface area contributed by atoms with Gasteiger partial charge in [-0.2, -0.15) is 0 Å². The van der Waals surface area contributed by atoms with Crippen LogP contribution in [0.3, 0.4) is 0 Å². The van der Waals surface area contributed by atoms with E-state index in [2.05, 4.69) is 56.1 Å². The van der Waals surface area contributed by atoms with Gasteiger partial charge in [0.1, 0.15) is 0 Å². The number of hydrogen-bond donors (Lipinski definition) is 6. The fourth-order valence-electron chi connectivity index (χ4n) is 11.4. The number of carbonyl (C=O) groups is 7. The van der Waals surface area contributed by atoms with Crippen molar-refractivity contribution >= 4 is 41.4 Å². The molecule has 0 bridgehead atoms. The maximum absolute atomic E-state index is 13.4. The van der Waals surface area contributed by atoms with Crippen LogP contribution >= 0.6 is 0 Å². The summed E-state index contributed by atoms with van der Waals surface area (Å²) in [5.74, 6) is -0.501. The molecule has 1 rings (SSSR count). The lowest BCUT2D eigenvalue weighted by atomic mass is 10.0. The average molecular weight is 1590 g/mol. The molecule has 7 amide bonds. The van der Waals surface area contributed by atoms with Gasteiger partial charge in [0, 0.05) is 104 Å². The van der Waals surface area contributed by atoms with Crippen molar-refractivity contribution in [3.05, 3.63) is 11.9 Å². The summed E-state index contributed by atoms with van der Waals surface area (Å²) in [6, 6.07) is 0. The molecule has 1 aromatic heterocycles. The van der Waals surface area contributed by atoms with E-state index in [4.69, 9.17) is 56.8 Å². The molecule has 0 saturated heterocycles. The first-order valence-electron chi connectivity index (χ1n) is 43.2. The second kappa shape index (κ2) is 82.9. The quantitative estimate of drug-likeness (QED) is 0.0330. The van der Waals surface area contributed by atoms with Crippen molar-refractivity contribution in [3.8, 4) is 0 Å². The molecular weight excluding hydrogens is 1430 g/mol. The molecule has 0 aliphatic heterocycles. The van der Waals surface area contributed by atoms with Crippen LogP contribution in [0.1, 0.15) is 264 Å². The summed E-state index contributed by atoms with van der Waals surface area (Å²) in [5, 5.41) is 25.4. The number of hydrogen-bond acceptors (Lipinski definition) is 21. The molecule has 0 radical (unpaired) electrons. The Balaban J connectivity index is 1.98. The van der Waals surface area contributed by atoms with E-state index in [1.165, 1.54) is 154 Å². The Morgan fingerprint density at radius 3 is 0.775 bits per heavy atom. The van der Waals surface area contributed by atoms with Crippen LogP contribution in [-0.2, 0) is 96.9 Å². The molecule has 6 N–H and O–H groups in total. The third-order valence-electron chi connectivity index (χ3n) is 18.1. The third-order valence-corrected chi connectivity index (χ3v) is 18.1. The molecule has 648 valence electrons. The summed E-state index contributed by atoms with van der Waals surface area (Å²) in [4.78, 5) is 88.0. The lowest BCUT2D eigenvalue weighted by molar-refractivity contribution is -0.133. The van der Waals surface area contributed by atoms with E-state index in [0.29, 0.717) is 191 Å². The fraction of sp³-hybridized carbons (Fsp3) is 0.890. The number of nitrogens with zero attached hydrogens (tertiary/aromatic N) is 4. The van der Waals surface area contributed by atoms with Gasteiger partial charge in [-0.05, 0) is 18.8 Å². The zero-order chi connectivity index (χ0) is 80.3. The first kappa shape index (κ1) is 104. The molecule has 0 aliphatic carbocycles. The summed E-state index contributed by atoms with van der Waals surface area (Å²) in [6.07, 6.45) is 40.0. The smallest absolute Gasteiger partial charge is 0.224 e. The van der Waals surface area contributed by atoms with E-state index in [-0.39, 0.29) is 119 Å². The number of amides is 7. The molecule has 0 spiro atoms. The van der Waals surface area contributed by atoms with Crippen molar-refractivity contribution in [2.45, 2.75) is 265 Å². The molecule has 0 aromatic carbocycles. The van der Waals surface area contributed by atoms with Gasteiger partial charge in [-0.3, -0.25) is 38.2 Å². The third kappa shape index (κ3) is 76.0. The molecule has 0 atom stereocenters. The van der Waals surface area contributed by atoms with Crippen molar-refractivity contribution in [1.82, 2.24) is 51.8 Å². The minimum atomic E-state index is -0.165. The van der Waals surface area contributed by atoms with Crippen molar-refractivity contribution in [3.63, 3.8) is 0 Å². The molecule has 111 heavy (non-hydrogen) atoms. The largest absolute Gasteiger partial charge is 0.379 e. The van der Waals surface area contributed by atoms with Crippen LogP contribution < -0.4 is 31.9 Å². The Bertz CT molecular complexity index is 2180. The molecule has 0 aliphatic rings. The number of carbonyl (C=O) groups excluding carboxylic acids is 7. The van der Waals surface area contributed by atoms with Crippen LogP contribution in [-0.4, -0.2) is 272 Å². The summed E-state index contributed by atoms with van der Waals surface area (Å²) in [7, 11) is 0. The fourth-order valence-corrected chi connectivity index (χ4v) is 11.4. The minimum absolute atomic E-state index is 0.0113. The lowest BCUT2D eigenvalue weighted by Gasteiger charge is -2.23. The maximum atomic E-state index is 13.4. The zero-order valence-corrected chi connectivity index (χ0v) is 69.8. The van der Waals surface area contributed by atoms with Crippen LogP contribution in [0.5, 0.6) is 0 Å². The van der Waals surface area contributed by atoms with Gasteiger partial charge in [-0.15, -0.1) is 5.10 Å². The Morgan fingerprint density at radius 2 is 0.523 bits per heavy atom. The molecular formula is C82H156N10O19. The lowest BCUT2D eigenvalue weighted by Crippen LogP contribution is -2.37. The number of nitrogens with one attached hydrogen (secondary N) is 6. The highest BCUT2D eigenvalue weighted by molar-refractivity contribution is 5.78. The van der Waals surface area contributed by atoms with Crippen LogP contribution in [0.2, 0.25) is 0 Å². The van der Waals surface area contributed by atoms with Crippen LogP contribution in [0.15, 0.2) is 6.20 Å². The molecule has 0 saturated carbocycles. The predicted octanol–water partition coefficient (Wildman–Crippen LogP) is 9.82. The van der Waals surface area contributed by atoms with E-state index in [1.807, 2.05) is 20.0 Å². The zero-order valence-electron chi connectivity index (χ0n) is 69.8. The first-order valence-corrected chi connectivity index (χ1v) is 43.2. The number of aromatic nitrogens is 3. The second-order valence-corrected chi connectivity index (χ2v) is 28.3. The molecule has 1 aromatic rings. The Hall–Kier alpha value is -5.05. The first-order chi connectivity index (χ1) is 54.4. The van der Waals surface area contributed by atoms with Gasteiger partial charge in [-0.1, -0.05) is 200 Å². The number of aryl methyl sites for hydroxylation is 1. The van der Waals surface area contributed by atoms with Gasteiger partial charge in [0.2, 0.25) is 41.4 Å². The summed E-state index contributed by atoms with van der Waals surface area (Å²) in [5.41, 5.74) is 0.865. The summed E-state index contributed by atoms with van der Waals surface area (Å²) in [6.45, 7) is 20.1. The maximum Gasteiger partial charge on any atom is 0.224 e. The number of rotatable bonds is 88. The highest BCUT2D eigenvalue weighted by Crippen LogP contribution is 2.15. The van der Waals surface area contributed by atoms with Crippen LogP contribution in [0.4, 0.5) is 0 Å². The van der Waals surface area contributed by atoms with Crippen LogP contribution in [0.25, 0.3) is 0 Å². The molecule has 0 unspecified atom stereocenters. The van der Waals surface area contributed by atoms with Gasteiger partial charge in [0.15, 0.2) is 0 Å². The molecule has 1 heterocycles. The Morgan fingerprint density at radius 1 is 0.297 bits per heavy atom. The predicted molar refractivity (Wildman–Crippen MR) is 432 cm³/mol. The van der Waals surface area contributed by atoms with Crippen molar-refractivity contribution in [2.75, 3.05) is 211 Å². The number of unbranched alkanes of at least 4 members (excludes halogenated alkanes) is 26. The topological polar surface area (TPSA) is 336 Å². The normalized spacial score (nSPS) is 11.4. The highest BCUT2D eigenvalue weighted by atomic mass is 16.6. The summed E-state index contributed by atoms with van der Waals surface area (Å²) < 4.78 is 68.8.